The number of nitrogens with one attached hydrogen (secondary N) is 4. The molecule has 1 aromatic rings. The van der Waals surface area contributed by atoms with E-state index >= 15 is 0 Å². The summed E-state index contributed by atoms with van der Waals surface area (Å²) in [6, 6.07) is -0.519. The number of likely N-dealkylation sites (N-methyl/N-ethyl adjacent to an activating group) is 2. The maximum atomic E-state index is 14.1. The number of benzene rings is 1. The number of aliphatic imine (C=N–C) groups is 2. The Bertz CT molecular complexity index is 2210. The topological polar surface area (TPSA) is 353 Å². The van der Waals surface area contributed by atoms with Crippen LogP contribution in [0.3, 0.4) is 0 Å². The largest absolute Gasteiger partial charge is 0.446 e. The summed E-state index contributed by atoms with van der Waals surface area (Å²) in [7, 11) is -12.6. The van der Waals surface area contributed by atoms with E-state index in [-0.39, 0.29) is 36.9 Å². The van der Waals surface area contributed by atoms with Gasteiger partial charge < -0.3 is 41.8 Å². The molecule has 0 bridgehead atoms. The highest BCUT2D eigenvalue weighted by molar-refractivity contribution is 7.81. The Hall–Kier alpha value is -4.67. The fraction of sp³-hybridized carbons (Fsp3) is 0.590. The van der Waals surface area contributed by atoms with Gasteiger partial charge in [0.05, 0.1) is 31.8 Å². The summed E-state index contributed by atoms with van der Waals surface area (Å²) in [6.45, 7) is 11.5. The van der Waals surface area contributed by atoms with Crippen molar-refractivity contribution in [1.82, 2.24) is 26.2 Å². The highest BCUT2D eigenvalue weighted by Crippen LogP contribution is 2.30. The molecule has 370 valence electrons. The molecule has 0 fully saturated rings. The third-order valence-electron chi connectivity index (χ3n) is 9.28. The summed E-state index contributed by atoms with van der Waals surface area (Å²) >= 11 is 0. The quantitative estimate of drug-likeness (QED) is 0.0182. The number of guanidine groups is 2. The van der Waals surface area contributed by atoms with Gasteiger partial charge in [-0.15, -0.1) is 0 Å². The molecule has 0 aliphatic heterocycles. The maximum Gasteiger partial charge on any atom is 0.446 e. The summed E-state index contributed by atoms with van der Waals surface area (Å²) in [5.74, 6) is -1.56. The van der Waals surface area contributed by atoms with Crippen molar-refractivity contribution in [3.05, 3.63) is 64.3 Å². The van der Waals surface area contributed by atoms with Crippen molar-refractivity contribution >= 4 is 54.9 Å². The predicted octanol–water partition coefficient (Wildman–Crippen LogP) is 2.00. The zero-order valence-corrected chi connectivity index (χ0v) is 40.6. The summed E-state index contributed by atoms with van der Waals surface area (Å²) < 4.78 is 111. The fourth-order valence-corrected chi connectivity index (χ4v) is 7.14. The van der Waals surface area contributed by atoms with E-state index in [0.717, 1.165) is 36.6 Å². The Morgan fingerprint density at radius 2 is 1.40 bits per heavy atom. The van der Waals surface area contributed by atoms with Gasteiger partial charge in [-0.3, -0.25) is 23.2 Å². The molecule has 11 N–H and O–H groups in total. The van der Waals surface area contributed by atoms with Crippen LogP contribution in [0.4, 0.5) is 0 Å². The van der Waals surface area contributed by atoms with E-state index < -0.39 is 85.2 Å². The Labute approximate surface area is 383 Å². The van der Waals surface area contributed by atoms with Crippen LogP contribution >= 0.6 is 0 Å². The van der Waals surface area contributed by atoms with Crippen molar-refractivity contribution in [1.29, 1.82) is 0 Å². The average molecular weight is 982 g/mol. The van der Waals surface area contributed by atoms with Crippen LogP contribution < -0.4 is 36.9 Å². The summed E-state index contributed by atoms with van der Waals surface area (Å²) in [6.07, 6.45) is 7.21. The van der Waals surface area contributed by atoms with E-state index in [1.54, 1.807) is 7.05 Å². The van der Waals surface area contributed by atoms with Crippen molar-refractivity contribution in [2.24, 2.45) is 21.5 Å². The van der Waals surface area contributed by atoms with E-state index in [1.165, 1.54) is 30.0 Å². The molecule has 4 atom stereocenters. The summed E-state index contributed by atoms with van der Waals surface area (Å²) in [5, 5.41) is 11.6. The van der Waals surface area contributed by atoms with Crippen LogP contribution in [0.2, 0.25) is 0 Å². The van der Waals surface area contributed by atoms with Crippen LogP contribution in [-0.4, -0.2) is 126 Å². The van der Waals surface area contributed by atoms with E-state index in [4.69, 9.17) is 20.2 Å². The molecule has 0 saturated heterocycles. The Kier molecular flexibility index (Phi) is 25.5. The standard InChI is InChI=1S/C39H67N9O14S3/c1-26(2)12-9-13-28(5)19-23-46-39(41)43-20-10-14-32(42-7)37(50)48(8)33(15-11-21-44-38(40)45-22-18-27(3)4)36(49)47-29(6)35(62-65(57,58)59)30-16-17-34(61-64(54,55)56)31(24-30)25-60-63(51,52)53/h12,16-19,24,29,32-33,35,42H,9-11,13-15,20-23,25H2,1-8H3,(H,47,49)(H3,40,44,45)(H3,41,43,46)(H,51,52,53)(H,54,55,56)(H,57,58,59)/b28-19-/t29-,32+,33+,35+/m1/s1. The summed E-state index contributed by atoms with van der Waals surface area (Å²) in [4.78, 5) is 37.9. The van der Waals surface area contributed by atoms with Gasteiger partial charge in [0.2, 0.25) is 11.8 Å². The van der Waals surface area contributed by atoms with Crippen LogP contribution in [0.1, 0.15) is 97.3 Å². The van der Waals surface area contributed by atoms with Gasteiger partial charge in [0, 0.05) is 25.7 Å². The first-order valence-corrected chi connectivity index (χ1v) is 24.5. The normalized spacial score (nSPS) is 14.7. The number of nitrogens with two attached hydrogens (primary N) is 2. The monoisotopic (exact) mass is 981 g/mol. The molecule has 65 heavy (non-hydrogen) atoms. The lowest BCUT2D eigenvalue weighted by Crippen LogP contribution is -2.55. The highest BCUT2D eigenvalue weighted by Gasteiger charge is 2.34. The SMILES string of the molecule is CN[C@@H](CCCNC(N)=NC/C=C(/C)CCC=C(C)C)C(=O)N(C)[C@@H](CCCNC(N)=NCC=C(C)C)C(=O)N[C@H](C)[C@H](OS(=O)(=O)O)c1ccc(OS(=O)(=O)O)c(COS(=O)(=O)O)c1. The Balaban J connectivity index is 3.37. The number of carbonyl (C=O) groups excluding carboxylic acids is 2. The van der Waals surface area contributed by atoms with Gasteiger partial charge >= 0.3 is 31.2 Å². The van der Waals surface area contributed by atoms with Crippen molar-refractivity contribution in [3.8, 4) is 5.75 Å². The molecule has 0 unspecified atom stereocenters. The van der Waals surface area contributed by atoms with E-state index in [9.17, 15) is 43.9 Å². The third-order valence-corrected chi connectivity index (χ3v) is 10.5. The second-order valence-electron chi connectivity index (χ2n) is 15.4. The van der Waals surface area contributed by atoms with Crippen molar-refractivity contribution in [2.45, 2.75) is 111 Å². The first-order valence-electron chi connectivity index (χ1n) is 20.4. The number of carbonyl (C=O) groups is 2. The lowest BCUT2D eigenvalue weighted by atomic mass is 9.99. The van der Waals surface area contributed by atoms with Crippen molar-refractivity contribution < 1.29 is 61.0 Å². The first kappa shape index (κ1) is 58.3. The molecule has 0 aromatic heterocycles. The van der Waals surface area contributed by atoms with Crippen LogP contribution in [0.15, 0.2) is 63.1 Å². The van der Waals surface area contributed by atoms with E-state index in [0.29, 0.717) is 32.5 Å². The molecule has 0 spiro atoms. The second-order valence-corrected chi connectivity index (χ2v) is 18.5. The number of allylic oxidation sites excluding steroid dienone is 4. The lowest BCUT2D eigenvalue weighted by Gasteiger charge is -2.32. The summed E-state index contributed by atoms with van der Waals surface area (Å²) in [5.41, 5.74) is 14.8. The number of hydrogen-bond donors (Lipinski definition) is 9. The van der Waals surface area contributed by atoms with Crippen LogP contribution in [0.25, 0.3) is 0 Å². The molecule has 1 rings (SSSR count). The van der Waals surface area contributed by atoms with E-state index in [1.807, 2.05) is 32.9 Å². The molecular weight excluding hydrogens is 915 g/mol. The zero-order valence-electron chi connectivity index (χ0n) is 38.1. The Morgan fingerprint density at radius 3 is 1.92 bits per heavy atom. The van der Waals surface area contributed by atoms with Gasteiger partial charge in [-0.1, -0.05) is 41.0 Å². The maximum absolute atomic E-state index is 14.1. The highest BCUT2D eigenvalue weighted by atomic mass is 32.3. The van der Waals surface area contributed by atoms with Gasteiger partial charge in [0.15, 0.2) is 17.7 Å². The number of nitrogens with zero attached hydrogens (tertiary/aromatic N) is 3. The third kappa shape index (κ3) is 26.2. The molecule has 0 aliphatic rings. The fourth-order valence-electron chi connectivity index (χ4n) is 5.93. The molecule has 0 saturated carbocycles. The minimum Gasteiger partial charge on any atom is -0.370 e. The molecule has 0 aliphatic carbocycles. The molecule has 1 aromatic carbocycles. The van der Waals surface area contributed by atoms with E-state index in [2.05, 4.69) is 59.5 Å². The van der Waals surface area contributed by atoms with Crippen LogP contribution in [0, 0.1) is 0 Å². The minimum absolute atomic E-state index is 0.0471. The molecule has 2 amide bonds. The van der Waals surface area contributed by atoms with Crippen molar-refractivity contribution in [3.63, 3.8) is 0 Å². The molecule has 0 heterocycles. The smallest absolute Gasteiger partial charge is 0.370 e. The van der Waals surface area contributed by atoms with Gasteiger partial charge in [0.25, 0.3) is 0 Å². The second kappa shape index (κ2) is 28.4. The molecule has 0 radical (unpaired) electrons. The first-order chi connectivity index (χ1) is 30.1. The van der Waals surface area contributed by atoms with Gasteiger partial charge in [0.1, 0.15) is 12.1 Å². The lowest BCUT2D eigenvalue weighted by molar-refractivity contribution is -0.141. The number of hydrogen-bond acceptors (Lipinski definition) is 14. The van der Waals surface area contributed by atoms with Gasteiger partial charge in [-0.05, 0) is 105 Å². The van der Waals surface area contributed by atoms with Gasteiger partial charge in [-0.25, -0.2) is 18.4 Å². The number of amides is 2. The molecule has 26 heteroatoms. The average Bonchev–Trinajstić information content (AvgIpc) is 3.17. The van der Waals surface area contributed by atoms with Crippen LogP contribution in [0.5, 0.6) is 5.75 Å². The predicted molar refractivity (Wildman–Crippen MR) is 247 cm³/mol. The minimum atomic E-state index is -5.29. The zero-order chi connectivity index (χ0) is 49.5. The number of rotatable bonds is 29. The van der Waals surface area contributed by atoms with Gasteiger partial charge in [-0.2, -0.15) is 25.3 Å². The van der Waals surface area contributed by atoms with Crippen molar-refractivity contribution in [2.75, 3.05) is 40.3 Å². The Morgan fingerprint density at radius 1 is 0.831 bits per heavy atom. The van der Waals surface area contributed by atoms with Crippen LogP contribution in [-0.2, 0) is 55.8 Å². The molecule has 23 nitrogen and oxygen atoms in total. The molecular formula is C39H67N9O14S3.